The second kappa shape index (κ2) is 6.80. The van der Waals surface area contributed by atoms with Gasteiger partial charge in [0, 0.05) is 17.6 Å². The van der Waals surface area contributed by atoms with Crippen molar-refractivity contribution in [3.8, 4) is 5.88 Å². The molecule has 2 nitrogen and oxygen atoms in total. The van der Waals surface area contributed by atoms with Crippen LogP contribution in [0.15, 0.2) is 12.1 Å². The minimum Gasteiger partial charge on any atom is -0.474 e. The lowest BCUT2D eigenvalue weighted by atomic mass is 9.82. The molecule has 2 rings (SSSR count). The third kappa shape index (κ3) is 4.12. The Labute approximate surface area is 127 Å². The van der Waals surface area contributed by atoms with E-state index in [1.54, 1.807) is 0 Å². The predicted octanol–water partition coefficient (Wildman–Crippen LogP) is 5.15. The third-order valence-electron chi connectivity index (χ3n) is 4.05. The summed E-state index contributed by atoms with van der Waals surface area (Å²) in [4.78, 5) is 4.64. The van der Waals surface area contributed by atoms with Crippen LogP contribution in [0.3, 0.4) is 0 Å². The summed E-state index contributed by atoms with van der Waals surface area (Å²) in [5, 5.41) is 0. The molecule has 1 aromatic heterocycles. The maximum Gasteiger partial charge on any atom is 0.214 e. The molecule has 1 aliphatic rings. The molecule has 1 aliphatic carbocycles. The van der Waals surface area contributed by atoms with Gasteiger partial charge in [-0.25, -0.2) is 4.98 Å². The van der Waals surface area contributed by atoms with E-state index in [9.17, 15) is 0 Å². The van der Waals surface area contributed by atoms with Gasteiger partial charge in [-0.3, -0.25) is 0 Å². The number of hydrogen-bond donors (Lipinski definition) is 0. The van der Waals surface area contributed by atoms with Crippen LogP contribution < -0.4 is 4.74 Å². The molecule has 0 aliphatic heterocycles. The minimum atomic E-state index is 0.298. The van der Waals surface area contributed by atoms with Crippen molar-refractivity contribution in [3.05, 3.63) is 23.4 Å². The molecule has 0 aromatic carbocycles. The highest BCUT2D eigenvalue weighted by molar-refractivity contribution is 6.17. The second-order valence-electron chi connectivity index (χ2n) is 6.68. The Hall–Kier alpha value is -0.760. The summed E-state index contributed by atoms with van der Waals surface area (Å²) >= 11 is 5.98. The van der Waals surface area contributed by atoms with Crippen molar-refractivity contribution in [1.29, 1.82) is 0 Å². The lowest BCUT2D eigenvalue weighted by Gasteiger charge is -2.31. The molecule has 2 unspecified atom stereocenters. The fraction of sp³-hybridized carbons (Fsp3) is 0.706. The Morgan fingerprint density at radius 1 is 1.20 bits per heavy atom. The first-order chi connectivity index (χ1) is 9.47. The molecule has 1 aromatic rings. The lowest BCUT2D eigenvalue weighted by Crippen LogP contribution is -2.28. The van der Waals surface area contributed by atoms with E-state index < -0.39 is 0 Å². The number of pyridine rings is 1. The van der Waals surface area contributed by atoms with Crippen LogP contribution in [0.4, 0.5) is 0 Å². The fourth-order valence-electron chi connectivity index (χ4n) is 3.16. The quantitative estimate of drug-likeness (QED) is 0.717. The molecule has 1 fully saturated rings. The Bertz CT molecular complexity index is 437. The molecule has 20 heavy (non-hydrogen) atoms. The van der Waals surface area contributed by atoms with Gasteiger partial charge in [-0.1, -0.05) is 27.7 Å². The molecule has 0 N–H and O–H groups in total. The summed E-state index contributed by atoms with van der Waals surface area (Å²) in [5.74, 6) is 3.13. The zero-order valence-corrected chi connectivity index (χ0v) is 13.8. The normalized spacial score (nSPS) is 26.8. The first-order valence-electron chi connectivity index (χ1n) is 7.71. The van der Waals surface area contributed by atoms with E-state index in [-0.39, 0.29) is 0 Å². The summed E-state index contributed by atoms with van der Waals surface area (Å²) in [6, 6.07) is 4.07. The van der Waals surface area contributed by atoms with Gasteiger partial charge in [0.15, 0.2) is 0 Å². The Balaban J connectivity index is 2.13. The average Bonchev–Trinajstić information content (AvgIpc) is 2.36. The van der Waals surface area contributed by atoms with E-state index in [2.05, 4.69) is 38.7 Å². The molecule has 0 saturated heterocycles. The van der Waals surface area contributed by atoms with Crippen LogP contribution in [0.1, 0.15) is 64.1 Å². The van der Waals surface area contributed by atoms with Gasteiger partial charge in [-0.15, -0.1) is 11.6 Å². The molecule has 3 heteroatoms. The zero-order chi connectivity index (χ0) is 14.7. The maximum absolute atomic E-state index is 6.16. The van der Waals surface area contributed by atoms with Crippen molar-refractivity contribution in [2.45, 2.75) is 64.9 Å². The number of alkyl halides is 1. The average molecular weight is 296 g/mol. The molecule has 0 radical (unpaired) electrons. The molecule has 0 bridgehead atoms. The number of halogens is 1. The van der Waals surface area contributed by atoms with Crippen molar-refractivity contribution < 1.29 is 4.74 Å². The van der Waals surface area contributed by atoms with E-state index in [0.29, 0.717) is 17.9 Å². The highest BCUT2D eigenvalue weighted by Crippen LogP contribution is 2.31. The van der Waals surface area contributed by atoms with Crippen molar-refractivity contribution in [3.63, 3.8) is 0 Å². The molecule has 2 atom stereocenters. The number of rotatable bonds is 4. The summed E-state index contributed by atoms with van der Waals surface area (Å²) in [6.07, 6.45) is 3.88. The zero-order valence-electron chi connectivity index (χ0n) is 13.0. The molecule has 0 spiro atoms. The molecule has 0 amide bonds. The molecule has 1 saturated carbocycles. The molecular weight excluding hydrogens is 270 g/mol. The van der Waals surface area contributed by atoms with Crippen LogP contribution in [0.25, 0.3) is 0 Å². The summed E-state index contributed by atoms with van der Waals surface area (Å²) in [5.41, 5.74) is 2.16. The van der Waals surface area contributed by atoms with Gasteiger partial charge in [0.05, 0.1) is 0 Å². The third-order valence-corrected chi connectivity index (χ3v) is 4.36. The van der Waals surface area contributed by atoms with Gasteiger partial charge in [0.1, 0.15) is 6.10 Å². The monoisotopic (exact) mass is 295 g/mol. The van der Waals surface area contributed by atoms with E-state index in [4.69, 9.17) is 16.3 Å². The summed E-state index contributed by atoms with van der Waals surface area (Å²) in [7, 11) is 0. The highest BCUT2D eigenvalue weighted by Gasteiger charge is 2.25. The number of aromatic nitrogens is 1. The largest absolute Gasteiger partial charge is 0.474 e. The predicted molar refractivity (Wildman–Crippen MR) is 84.5 cm³/mol. The number of nitrogens with zero attached hydrogens (tertiary/aromatic N) is 1. The topological polar surface area (TPSA) is 22.1 Å². The van der Waals surface area contributed by atoms with E-state index in [1.807, 2.05) is 6.07 Å². The van der Waals surface area contributed by atoms with E-state index in [1.165, 1.54) is 6.42 Å². The van der Waals surface area contributed by atoms with Crippen LogP contribution in [0, 0.1) is 11.8 Å². The molecule has 112 valence electrons. The lowest BCUT2D eigenvalue weighted by molar-refractivity contribution is 0.0964. The fourth-order valence-corrected chi connectivity index (χ4v) is 3.31. The number of ether oxygens (including phenoxy) is 1. The van der Waals surface area contributed by atoms with Gasteiger partial charge < -0.3 is 4.74 Å². The standard InChI is InChI=1S/C17H26ClNO/c1-11(2)16-8-14(10-18)9-17(19-16)20-15-6-12(3)5-13(4)7-15/h8-9,11-13,15H,5-7,10H2,1-4H3. The second-order valence-corrected chi connectivity index (χ2v) is 6.95. The first kappa shape index (κ1) is 15.6. The van der Waals surface area contributed by atoms with Crippen LogP contribution >= 0.6 is 11.6 Å². The minimum absolute atomic E-state index is 0.298. The van der Waals surface area contributed by atoms with Crippen molar-refractivity contribution >= 4 is 11.6 Å². The smallest absolute Gasteiger partial charge is 0.214 e. The van der Waals surface area contributed by atoms with Crippen molar-refractivity contribution in [2.24, 2.45) is 11.8 Å². The molecule has 1 heterocycles. The first-order valence-corrected chi connectivity index (χ1v) is 8.24. The maximum atomic E-state index is 6.16. The number of hydrogen-bond acceptors (Lipinski definition) is 2. The van der Waals surface area contributed by atoms with Crippen molar-refractivity contribution in [1.82, 2.24) is 4.98 Å². The van der Waals surface area contributed by atoms with Crippen LogP contribution in [0.2, 0.25) is 0 Å². The Kier molecular flexibility index (Phi) is 5.31. The van der Waals surface area contributed by atoms with Gasteiger partial charge in [0.2, 0.25) is 5.88 Å². The SMILES string of the molecule is CC1CC(C)CC(Oc2cc(CCl)cc(C(C)C)n2)C1. The Morgan fingerprint density at radius 3 is 2.40 bits per heavy atom. The van der Waals surface area contributed by atoms with Gasteiger partial charge >= 0.3 is 0 Å². The van der Waals surface area contributed by atoms with Gasteiger partial charge in [-0.2, -0.15) is 0 Å². The highest BCUT2D eigenvalue weighted by atomic mass is 35.5. The van der Waals surface area contributed by atoms with E-state index >= 15 is 0 Å². The van der Waals surface area contributed by atoms with Crippen LogP contribution in [-0.2, 0) is 5.88 Å². The summed E-state index contributed by atoms with van der Waals surface area (Å²) < 4.78 is 6.16. The summed E-state index contributed by atoms with van der Waals surface area (Å²) in [6.45, 7) is 8.92. The Morgan fingerprint density at radius 2 is 1.85 bits per heavy atom. The van der Waals surface area contributed by atoms with Crippen LogP contribution in [-0.4, -0.2) is 11.1 Å². The van der Waals surface area contributed by atoms with E-state index in [0.717, 1.165) is 41.8 Å². The molecular formula is C17H26ClNO. The van der Waals surface area contributed by atoms with Gasteiger partial charge in [-0.05, 0) is 48.6 Å². The van der Waals surface area contributed by atoms with Crippen molar-refractivity contribution in [2.75, 3.05) is 0 Å². The van der Waals surface area contributed by atoms with Crippen LogP contribution in [0.5, 0.6) is 5.88 Å². The van der Waals surface area contributed by atoms with Gasteiger partial charge in [0.25, 0.3) is 0 Å².